The Morgan fingerprint density at radius 1 is 0.875 bits per heavy atom. The first-order valence-corrected chi connectivity index (χ1v) is 8.55. The largest absolute Gasteiger partial charge is 0.329 e. The highest BCUT2D eigenvalue weighted by molar-refractivity contribution is 7.52. The van der Waals surface area contributed by atoms with Crippen molar-refractivity contribution >= 4 is 13.2 Å². The monoisotopic (exact) mass is 360 g/mol. The molecule has 0 amide bonds. The van der Waals surface area contributed by atoms with Crippen LogP contribution in [0.1, 0.15) is 11.1 Å². The van der Waals surface area contributed by atoms with Crippen LogP contribution < -0.4 is 0 Å². The number of alkyl halides is 2. The lowest BCUT2D eigenvalue weighted by Crippen LogP contribution is -2.08. The number of benzene rings is 2. The standard InChI is InChI=1S/C16H13F4O3P/c17-12-5-1-10(2-6-12)15(11-3-7-13(18)8-4-11)14(16(19)20)9-24(21,22)23/h1-8,16H,9H2,(H2,21,22,23). The molecular formula is C16H13F4O3P. The van der Waals surface area contributed by atoms with Gasteiger partial charge in [0.05, 0.1) is 6.16 Å². The van der Waals surface area contributed by atoms with E-state index < -0.39 is 37.4 Å². The summed E-state index contributed by atoms with van der Waals surface area (Å²) in [6.07, 6.45) is -4.31. The second-order valence-corrected chi connectivity index (χ2v) is 6.68. The Labute approximate surface area is 135 Å². The molecule has 2 aromatic carbocycles. The Balaban J connectivity index is 2.72. The summed E-state index contributed by atoms with van der Waals surface area (Å²) in [7, 11) is -4.78. The smallest absolute Gasteiger partial charge is 0.324 e. The van der Waals surface area contributed by atoms with Crippen LogP contribution in [0.2, 0.25) is 0 Å². The molecule has 24 heavy (non-hydrogen) atoms. The van der Waals surface area contributed by atoms with E-state index in [4.69, 9.17) is 9.79 Å². The van der Waals surface area contributed by atoms with Gasteiger partial charge in [0.2, 0.25) is 0 Å². The number of halogens is 4. The van der Waals surface area contributed by atoms with Crippen molar-refractivity contribution in [2.45, 2.75) is 6.43 Å². The summed E-state index contributed by atoms with van der Waals surface area (Å²) in [6.45, 7) is 0. The molecule has 0 saturated heterocycles. The Morgan fingerprint density at radius 2 is 1.25 bits per heavy atom. The van der Waals surface area contributed by atoms with E-state index in [1.54, 1.807) is 0 Å². The highest BCUT2D eigenvalue weighted by Crippen LogP contribution is 2.42. The van der Waals surface area contributed by atoms with E-state index in [-0.39, 0.29) is 16.7 Å². The summed E-state index contributed by atoms with van der Waals surface area (Å²) in [5.74, 6) is -1.18. The van der Waals surface area contributed by atoms with E-state index >= 15 is 0 Å². The minimum absolute atomic E-state index is 0.145. The van der Waals surface area contributed by atoms with Crippen molar-refractivity contribution in [2.75, 3.05) is 6.16 Å². The van der Waals surface area contributed by atoms with Gasteiger partial charge in [0.25, 0.3) is 6.43 Å². The van der Waals surface area contributed by atoms with E-state index in [2.05, 4.69) is 0 Å². The molecule has 0 heterocycles. The topological polar surface area (TPSA) is 57.5 Å². The van der Waals surface area contributed by atoms with Crippen LogP contribution in [0, 0.1) is 11.6 Å². The van der Waals surface area contributed by atoms with Gasteiger partial charge < -0.3 is 9.79 Å². The third-order valence-electron chi connectivity index (χ3n) is 3.23. The molecule has 128 valence electrons. The molecule has 0 bridgehead atoms. The molecule has 0 aliphatic rings. The summed E-state index contributed by atoms with van der Waals surface area (Å²) >= 11 is 0. The lowest BCUT2D eigenvalue weighted by Gasteiger charge is -2.17. The lowest BCUT2D eigenvalue weighted by atomic mass is 9.93. The fourth-order valence-corrected chi connectivity index (χ4v) is 2.99. The fourth-order valence-electron chi connectivity index (χ4n) is 2.25. The minimum Gasteiger partial charge on any atom is -0.324 e. The zero-order valence-corrected chi connectivity index (χ0v) is 13.1. The van der Waals surface area contributed by atoms with Crippen molar-refractivity contribution < 1.29 is 31.9 Å². The summed E-state index contributed by atoms with van der Waals surface area (Å²) < 4.78 is 64.3. The average Bonchev–Trinajstić information content (AvgIpc) is 2.49. The normalized spacial score (nSPS) is 11.6. The molecule has 0 spiro atoms. The molecule has 0 fully saturated rings. The van der Waals surface area contributed by atoms with Crippen LogP contribution in [0.15, 0.2) is 54.1 Å². The zero-order valence-electron chi connectivity index (χ0n) is 12.2. The molecule has 2 N–H and O–H groups in total. The Bertz CT molecular complexity index is 732. The van der Waals surface area contributed by atoms with E-state index in [0.717, 1.165) is 24.3 Å². The molecule has 2 rings (SSSR count). The molecule has 0 aliphatic heterocycles. The zero-order chi connectivity index (χ0) is 17.9. The quantitative estimate of drug-likeness (QED) is 0.620. The molecule has 3 nitrogen and oxygen atoms in total. The van der Waals surface area contributed by atoms with Crippen LogP contribution in [-0.4, -0.2) is 22.4 Å². The summed E-state index contributed by atoms with van der Waals surface area (Å²) in [4.78, 5) is 18.2. The second kappa shape index (κ2) is 7.30. The first-order chi connectivity index (χ1) is 11.2. The second-order valence-electron chi connectivity index (χ2n) is 5.04. The SMILES string of the molecule is O=P(O)(O)CC(=C(c1ccc(F)cc1)c1ccc(F)cc1)C(F)F. The van der Waals surface area contributed by atoms with Crippen molar-refractivity contribution in [3.8, 4) is 0 Å². The molecule has 0 atom stereocenters. The van der Waals surface area contributed by atoms with Crippen molar-refractivity contribution in [3.05, 3.63) is 76.9 Å². The Morgan fingerprint density at radius 3 is 1.54 bits per heavy atom. The number of allylic oxidation sites excluding steroid dienone is 1. The van der Waals surface area contributed by atoms with Gasteiger partial charge in [-0.15, -0.1) is 0 Å². The third-order valence-corrected chi connectivity index (χ3v) is 3.98. The minimum atomic E-state index is -4.78. The maximum absolute atomic E-state index is 13.5. The van der Waals surface area contributed by atoms with Gasteiger partial charge in [-0.25, -0.2) is 17.6 Å². The van der Waals surface area contributed by atoms with Crippen LogP contribution in [-0.2, 0) is 4.57 Å². The maximum atomic E-state index is 13.5. The Kier molecular flexibility index (Phi) is 5.59. The van der Waals surface area contributed by atoms with Gasteiger partial charge in [-0.1, -0.05) is 24.3 Å². The summed E-state index contributed by atoms with van der Waals surface area (Å²) in [5.41, 5.74) is -0.659. The fraction of sp³-hybridized carbons (Fsp3) is 0.125. The molecule has 0 aromatic heterocycles. The van der Waals surface area contributed by atoms with Gasteiger partial charge in [-0.3, -0.25) is 4.57 Å². The van der Waals surface area contributed by atoms with Crippen LogP contribution in [0.4, 0.5) is 17.6 Å². The van der Waals surface area contributed by atoms with E-state index in [1.165, 1.54) is 24.3 Å². The number of hydrogen-bond donors (Lipinski definition) is 2. The van der Waals surface area contributed by atoms with Crippen molar-refractivity contribution in [3.63, 3.8) is 0 Å². The van der Waals surface area contributed by atoms with E-state index in [1.807, 2.05) is 0 Å². The summed E-state index contributed by atoms with van der Waals surface area (Å²) in [6, 6.07) is 9.04. The van der Waals surface area contributed by atoms with E-state index in [9.17, 15) is 22.1 Å². The molecule has 8 heteroatoms. The van der Waals surface area contributed by atoms with Crippen LogP contribution in [0.3, 0.4) is 0 Å². The van der Waals surface area contributed by atoms with Gasteiger partial charge in [0.15, 0.2) is 0 Å². The molecule has 0 aliphatic carbocycles. The Hall–Kier alpha value is -1.95. The van der Waals surface area contributed by atoms with Crippen LogP contribution in [0.5, 0.6) is 0 Å². The first kappa shape index (κ1) is 18.4. The number of hydrogen-bond acceptors (Lipinski definition) is 1. The van der Waals surface area contributed by atoms with Crippen molar-refractivity contribution in [1.82, 2.24) is 0 Å². The maximum Gasteiger partial charge on any atom is 0.329 e. The van der Waals surface area contributed by atoms with Gasteiger partial charge in [-0.05, 0) is 41.0 Å². The molecule has 0 unspecified atom stereocenters. The van der Waals surface area contributed by atoms with Gasteiger partial charge >= 0.3 is 7.60 Å². The highest BCUT2D eigenvalue weighted by Gasteiger charge is 2.27. The van der Waals surface area contributed by atoms with Crippen LogP contribution in [0.25, 0.3) is 5.57 Å². The first-order valence-electron chi connectivity index (χ1n) is 6.75. The van der Waals surface area contributed by atoms with Gasteiger partial charge in [0, 0.05) is 5.57 Å². The molecule has 0 saturated carbocycles. The average molecular weight is 360 g/mol. The van der Waals surface area contributed by atoms with Crippen LogP contribution >= 0.6 is 7.60 Å². The summed E-state index contributed by atoms with van der Waals surface area (Å²) in [5, 5.41) is 0. The predicted octanol–water partition coefficient (Wildman–Crippen LogP) is 4.21. The molecular weight excluding hydrogens is 347 g/mol. The lowest BCUT2D eigenvalue weighted by molar-refractivity contribution is 0.189. The van der Waals surface area contributed by atoms with Crippen molar-refractivity contribution in [2.24, 2.45) is 0 Å². The van der Waals surface area contributed by atoms with Crippen molar-refractivity contribution in [1.29, 1.82) is 0 Å². The third kappa shape index (κ3) is 4.77. The molecule has 0 radical (unpaired) electrons. The van der Waals surface area contributed by atoms with Gasteiger partial charge in [-0.2, -0.15) is 0 Å². The van der Waals surface area contributed by atoms with E-state index in [0.29, 0.717) is 0 Å². The highest BCUT2D eigenvalue weighted by atomic mass is 31.2. The predicted molar refractivity (Wildman–Crippen MR) is 81.7 cm³/mol. The van der Waals surface area contributed by atoms with Gasteiger partial charge in [0.1, 0.15) is 11.6 Å². The molecule has 2 aromatic rings. The number of rotatable bonds is 5.